The third-order valence-electron chi connectivity index (χ3n) is 3.35. The highest BCUT2D eigenvalue weighted by atomic mass is 19.1. The Hall–Kier alpha value is -1.49. The molecule has 3 nitrogen and oxygen atoms in total. The number of hydrogen-bond acceptors (Lipinski definition) is 2. The van der Waals surface area contributed by atoms with Gasteiger partial charge in [-0.05, 0) is 37.5 Å². The number of benzene rings is 1. The summed E-state index contributed by atoms with van der Waals surface area (Å²) in [7, 11) is 0. The van der Waals surface area contributed by atoms with E-state index in [4.69, 9.17) is 5.73 Å². The summed E-state index contributed by atoms with van der Waals surface area (Å²) in [4.78, 5) is 11.6. The molecule has 0 spiro atoms. The molecule has 0 saturated heterocycles. The average molecular weight is 254 g/mol. The fraction of sp³-hybridized carbons (Fsp3) is 0.462. The summed E-state index contributed by atoms with van der Waals surface area (Å²) in [5.74, 6) is -1.27. The molecule has 1 fully saturated rings. The molecule has 0 radical (unpaired) electrons. The summed E-state index contributed by atoms with van der Waals surface area (Å²) < 4.78 is 26.2. The van der Waals surface area contributed by atoms with Crippen LogP contribution in [0.25, 0.3) is 0 Å². The first kappa shape index (κ1) is 13.0. The molecule has 98 valence electrons. The second kappa shape index (κ2) is 5.02. The SMILES string of the molecule is NC1(CC(=O)NCc2cc(F)ccc2F)CCC1. The highest BCUT2D eigenvalue weighted by molar-refractivity contribution is 5.77. The predicted molar refractivity (Wildman–Crippen MR) is 63.6 cm³/mol. The van der Waals surface area contributed by atoms with Crippen LogP contribution < -0.4 is 11.1 Å². The van der Waals surface area contributed by atoms with Gasteiger partial charge in [-0.25, -0.2) is 8.78 Å². The first-order valence-corrected chi connectivity index (χ1v) is 5.98. The maximum Gasteiger partial charge on any atom is 0.222 e. The molecule has 0 atom stereocenters. The van der Waals surface area contributed by atoms with Crippen molar-refractivity contribution in [2.45, 2.75) is 37.8 Å². The maximum absolute atomic E-state index is 13.3. The van der Waals surface area contributed by atoms with Crippen molar-refractivity contribution < 1.29 is 13.6 Å². The van der Waals surface area contributed by atoms with Gasteiger partial charge in [-0.2, -0.15) is 0 Å². The summed E-state index contributed by atoms with van der Waals surface area (Å²) in [5, 5.41) is 2.57. The first-order chi connectivity index (χ1) is 8.48. The zero-order valence-corrected chi connectivity index (χ0v) is 10.0. The fourth-order valence-corrected chi connectivity index (χ4v) is 2.06. The van der Waals surface area contributed by atoms with E-state index in [1.54, 1.807) is 0 Å². The molecule has 1 aliphatic rings. The van der Waals surface area contributed by atoms with E-state index < -0.39 is 17.2 Å². The number of halogens is 2. The van der Waals surface area contributed by atoms with Crippen molar-refractivity contribution in [2.24, 2.45) is 5.73 Å². The Labute approximate surface area is 104 Å². The molecule has 1 aromatic rings. The molecular formula is C13H16F2N2O. The number of hydrogen-bond donors (Lipinski definition) is 2. The van der Waals surface area contributed by atoms with Gasteiger partial charge in [-0.3, -0.25) is 4.79 Å². The molecule has 1 saturated carbocycles. The summed E-state index contributed by atoms with van der Waals surface area (Å²) in [6.45, 7) is -0.0154. The van der Waals surface area contributed by atoms with Gasteiger partial charge in [0, 0.05) is 24.1 Å². The van der Waals surface area contributed by atoms with E-state index in [9.17, 15) is 13.6 Å². The zero-order chi connectivity index (χ0) is 13.2. The quantitative estimate of drug-likeness (QED) is 0.861. The van der Waals surface area contributed by atoms with Gasteiger partial charge >= 0.3 is 0 Å². The van der Waals surface area contributed by atoms with Gasteiger partial charge in [-0.15, -0.1) is 0 Å². The lowest BCUT2D eigenvalue weighted by Crippen LogP contribution is -2.49. The van der Waals surface area contributed by atoms with E-state index in [-0.39, 0.29) is 24.4 Å². The largest absolute Gasteiger partial charge is 0.352 e. The molecule has 2 rings (SSSR count). The average Bonchev–Trinajstić information content (AvgIpc) is 2.28. The molecule has 0 aromatic heterocycles. The summed E-state index contributed by atoms with van der Waals surface area (Å²) in [5.41, 5.74) is 5.68. The minimum absolute atomic E-state index is 0.0154. The zero-order valence-electron chi connectivity index (χ0n) is 10.0. The van der Waals surface area contributed by atoms with E-state index >= 15 is 0 Å². The van der Waals surface area contributed by atoms with Gasteiger partial charge in [0.2, 0.25) is 5.91 Å². The Kier molecular flexibility index (Phi) is 3.61. The molecular weight excluding hydrogens is 238 g/mol. The summed E-state index contributed by atoms with van der Waals surface area (Å²) >= 11 is 0. The van der Waals surface area contributed by atoms with Gasteiger partial charge in [0.05, 0.1) is 0 Å². The van der Waals surface area contributed by atoms with Crippen LogP contribution in [0, 0.1) is 11.6 Å². The molecule has 18 heavy (non-hydrogen) atoms. The Morgan fingerprint density at radius 3 is 2.72 bits per heavy atom. The number of carbonyl (C=O) groups excluding carboxylic acids is 1. The minimum atomic E-state index is -0.525. The van der Waals surface area contributed by atoms with Crippen molar-refractivity contribution in [3.63, 3.8) is 0 Å². The number of nitrogens with one attached hydrogen (secondary N) is 1. The van der Waals surface area contributed by atoms with Crippen molar-refractivity contribution in [3.8, 4) is 0 Å². The maximum atomic E-state index is 13.3. The monoisotopic (exact) mass is 254 g/mol. The summed E-state index contributed by atoms with van der Waals surface area (Å²) in [6, 6.07) is 3.17. The number of rotatable bonds is 4. The Morgan fingerprint density at radius 2 is 2.11 bits per heavy atom. The van der Waals surface area contributed by atoms with Crippen LogP contribution in [0.4, 0.5) is 8.78 Å². The van der Waals surface area contributed by atoms with Crippen LogP contribution in [0.1, 0.15) is 31.2 Å². The van der Waals surface area contributed by atoms with Gasteiger partial charge in [0.1, 0.15) is 11.6 Å². The van der Waals surface area contributed by atoms with Crippen LogP contribution in [0.3, 0.4) is 0 Å². The lowest BCUT2D eigenvalue weighted by Gasteiger charge is -2.37. The highest BCUT2D eigenvalue weighted by Gasteiger charge is 2.34. The number of amides is 1. The van der Waals surface area contributed by atoms with Crippen LogP contribution >= 0.6 is 0 Å². The third kappa shape index (κ3) is 3.04. The number of nitrogens with two attached hydrogens (primary N) is 1. The van der Waals surface area contributed by atoms with Crippen molar-refractivity contribution >= 4 is 5.91 Å². The van der Waals surface area contributed by atoms with Gasteiger partial charge < -0.3 is 11.1 Å². The van der Waals surface area contributed by atoms with Crippen molar-refractivity contribution in [1.82, 2.24) is 5.32 Å². The second-order valence-corrected chi connectivity index (χ2v) is 4.91. The fourth-order valence-electron chi connectivity index (χ4n) is 2.06. The lowest BCUT2D eigenvalue weighted by atomic mass is 9.75. The second-order valence-electron chi connectivity index (χ2n) is 4.91. The minimum Gasteiger partial charge on any atom is -0.352 e. The Morgan fingerprint density at radius 1 is 1.39 bits per heavy atom. The molecule has 1 aromatic carbocycles. The molecule has 1 aliphatic carbocycles. The van der Waals surface area contributed by atoms with Crippen LogP contribution in [0.2, 0.25) is 0 Å². The van der Waals surface area contributed by atoms with Crippen molar-refractivity contribution in [3.05, 3.63) is 35.4 Å². The van der Waals surface area contributed by atoms with E-state index in [0.29, 0.717) is 0 Å². The smallest absolute Gasteiger partial charge is 0.222 e. The Bertz CT molecular complexity index is 458. The van der Waals surface area contributed by atoms with E-state index in [1.165, 1.54) is 0 Å². The van der Waals surface area contributed by atoms with Crippen molar-refractivity contribution in [1.29, 1.82) is 0 Å². The lowest BCUT2D eigenvalue weighted by molar-refractivity contribution is -0.123. The normalized spacial score (nSPS) is 17.1. The van der Waals surface area contributed by atoms with Gasteiger partial charge in [-0.1, -0.05) is 0 Å². The van der Waals surface area contributed by atoms with Crippen LogP contribution in [0.5, 0.6) is 0 Å². The Balaban J connectivity index is 1.87. The molecule has 5 heteroatoms. The molecule has 0 heterocycles. The summed E-state index contributed by atoms with van der Waals surface area (Å²) in [6.07, 6.45) is 2.97. The third-order valence-corrected chi connectivity index (χ3v) is 3.35. The van der Waals surface area contributed by atoms with Crippen molar-refractivity contribution in [2.75, 3.05) is 0 Å². The molecule has 1 amide bonds. The van der Waals surface area contributed by atoms with Gasteiger partial charge in [0.15, 0.2) is 0 Å². The van der Waals surface area contributed by atoms with Crippen LogP contribution in [-0.2, 0) is 11.3 Å². The van der Waals surface area contributed by atoms with Gasteiger partial charge in [0.25, 0.3) is 0 Å². The van der Waals surface area contributed by atoms with Crippen LogP contribution in [0.15, 0.2) is 18.2 Å². The topological polar surface area (TPSA) is 55.1 Å². The molecule has 0 unspecified atom stereocenters. The number of carbonyl (C=O) groups is 1. The van der Waals surface area contributed by atoms with E-state index in [0.717, 1.165) is 37.5 Å². The molecule has 0 bridgehead atoms. The van der Waals surface area contributed by atoms with Crippen LogP contribution in [-0.4, -0.2) is 11.4 Å². The predicted octanol–water partition coefficient (Wildman–Crippen LogP) is 1.85. The standard InChI is InChI=1S/C13H16F2N2O/c14-10-2-3-11(15)9(6-10)8-17-12(18)7-13(16)4-1-5-13/h2-3,6H,1,4-5,7-8,16H2,(H,17,18). The molecule has 3 N–H and O–H groups in total. The first-order valence-electron chi connectivity index (χ1n) is 5.98. The molecule has 0 aliphatic heterocycles. The van der Waals surface area contributed by atoms with E-state index in [2.05, 4.69) is 5.32 Å². The highest BCUT2D eigenvalue weighted by Crippen LogP contribution is 2.31. The van der Waals surface area contributed by atoms with E-state index in [1.807, 2.05) is 0 Å².